The van der Waals surface area contributed by atoms with Gasteiger partial charge < -0.3 is 15.3 Å². The minimum Gasteiger partial charge on any atom is -0.478 e. The summed E-state index contributed by atoms with van der Waals surface area (Å²) in [5.41, 5.74) is -0.430. The highest BCUT2D eigenvalue weighted by atomic mass is 16.4. The Morgan fingerprint density at radius 1 is 1.27 bits per heavy atom. The summed E-state index contributed by atoms with van der Waals surface area (Å²) in [6.45, 7) is -0.327. The van der Waals surface area contributed by atoms with Crippen molar-refractivity contribution >= 4 is 11.9 Å². The average Bonchev–Trinajstić information content (AvgIpc) is 2.17. The first-order valence-corrected chi connectivity index (χ1v) is 4.13. The van der Waals surface area contributed by atoms with Crippen LogP contribution in [0.4, 0.5) is 0 Å². The van der Waals surface area contributed by atoms with Gasteiger partial charge in [-0.25, -0.2) is 14.6 Å². The lowest BCUT2D eigenvalue weighted by molar-refractivity contribution is 0.0688. The van der Waals surface area contributed by atoms with Crippen LogP contribution < -0.4 is 0 Å². The molecule has 80 valence electrons. The van der Waals surface area contributed by atoms with Crippen LogP contribution in [0.25, 0.3) is 0 Å². The summed E-state index contributed by atoms with van der Waals surface area (Å²) in [7, 11) is 0. The Balaban J connectivity index is 3.34. The number of hydrogen-bond donors (Lipinski definition) is 3. The molecular formula is C9H9NO5. The lowest BCUT2D eigenvalue weighted by atomic mass is 10.0. The molecule has 0 aromatic carbocycles. The summed E-state index contributed by atoms with van der Waals surface area (Å²) in [6.07, 6.45) is 1.07. The molecule has 0 aliphatic carbocycles. The number of aromatic carboxylic acids is 2. The number of hydrogen-bond acceptors (Lipinski definition) is 4. The Labute approximate surface area is 84.8 Å². The lowest BCUT2D eigenvalue weighted by Crippen LogP contribution is -2.13. The topological polar surface area (TPSA) is 108 Å². The monoisotopic (exact) mass is 211 g/mol. The highest BCUT2D eigenvalue weighted by Crippen LogP contribution is 2.13. The van der Waals surface area contributed by atoms with E-state index in [1.54, 1.807) is 0 Å². The number of aliphatic hydroxyl groups is 1. The van der Waals surface area contributed by atoms with Crippen molar-refractivity contribution in [3.05, 3.63) is 29.1 Å². The summed E-state index contributed by atoms with van der Waals surface area (Å²) >= 11 is 0. The van der Waals surface area contributed by atoms with Crippen molar-refractivity contribution in [2.45, 2.75) is 6.42 Å². The zero-order valence-corrected chi connectivity index (χ0v) is 7.67. The number of nitrogens with zero attached hydrogens (tertiary/aromatic N) is 1. The molecule has 0 fully saturated rings. The molecule has 6 heteroatoms. The minimum absolute atomic E-state index is 0.0417. The van der Waals surface area contributed by atoms with Crippen LogP contribution in [0.15, 0.2) is 12.3 Å². The third-order valence-corrected chi connectivity index (χ3v) is 1.85. The average molecular weight is 211 g/mol. The molecule has 1 heterocycles. The molecule has 0 unspecified atom stereocenters. The van der Waals surface area contributed by atoms with Crippen molar-refractivity contribution < 1.29 is 24.9 Å². The van der Waals surface area contributed by atoms with E-state index in [-0.39, 0.29) is 29.8 Å². The molecule has 0 radical (unpaired) electrons. The number of carboxylic acids is 2. The van der Waals surface area contributed by atoms with E-state index >= 15 is 0 Å². The van der Waals surface area contributed by atoms with Crippen LogP contribution in [0.3, 0.4) is 0 Å². The molecule has 6 nitrogen and oxygen atoms in total. The quantitative estimate of drug-likeness (QED) is 0.647. The van der Waals surface area contributed by atoms with Crippen LogP contribution in [0.1, 0.15) is 26.4 Å². The summed E-state index contributed by atoms with van der Waals surface area (Å²) in [6, 6.07) is 1.21. The maximum Gasteiger partial charge on any atom is 0.354 e. The zero-order chi connectivity index (χ0) is 11.4. The Bertz CT molecular complexity index is 369. The first-order chi connectivity index (χ1) is 7.07. The van der Waals surface area contributed by atoms with Crippen molar-refractivity contribution in [3.63, 3.8) is 0 Å². The van der Waals surface area contributed by atoms with Crippen molar-refractivity contribution in [1.29, 1.82) is 0 Å². The standard InChI is InChI=1S/C9H9NO5/c11-4-2-5-6(8(12)13)1-3-10-7(5)9(14)15/h1,3,11H,2,4H2,(H,12,13)(H,14,15). The van der Waals surface area contributed by atoms with Gasteiger partial charge in [-0.15, -0.1) is 0 Å². The van der Waals surface area contributed by atoms with E-state index in [4.69, 9.17) is 15.3 Å². The van der Waals surface area contributed by atoms with Crippen LogP contribution in [-0.4, -0.2) is 38.8 Å². The van der Waals surface area contributed by atoms with Crippen molar-refractivity contribution in [3.8, 4) is 0 Å². The second-order valence-electron chi connectivity index (χ2n) is 2.77. The Morgan fingerprint density at radius 2 is 1.93 bits per heavy atom. The number of aromatic nitrogens is 1. The number of carbonyl (C=O) groups is 2. The molecule has 0 aliphatic heterocycles. The number of pyridine rings is 1. The molecule has 0 atom stereocenters. The molecule has 0 aliphatic rings. The van der Waals surface area contributed by atoms with Gasteiger partial charge in [-0.1, -0.05) is 0 Å². The number of rotatable bonds is 4. The normalized spacial score (nSPS) is 9.93. The van der Waals surface area contributed by atoms with Gasteiger partial charge >= 0.3 is 11.9 Å². The third kappa shape index (κ3) is 2.29. The number of aliphatic hydroxyl groups excluding tert-OH is 1. The molecule has 0 amide bonds. The van der Waals surface area contributed by atoms with Gasteiger partial charge in [-0.3, -0.25) is 0 Å². The van der Waals surface area contributed by atoms with Crippen molar-refractivity contribution in [2.24, 2.45) is 0 Å². The molecule has 0 saturated carbocycles. The first kappa shape index (κ1) is 11.1. The van der Waals surface area contributed by atoms with Gasteiger partial charge in [0.05, 0.1) is 5.56 Å². The maximum atomic E-state index is 10.8. The van der Waals surface area contributed by atoms with E-state index in [0.717, 1.165) is 6.20 Å². The summed E-state index contributed by atoms with van der Waals surface area (Å²) in [5.74, 6) is -2.54. The number of carboxylic acid groups (broad SMARTS) is 2. The summed E-state index contributed by atoms with van der Waals surface area (Å²) in [4.78, 5) is 25.1. The summed E-state index contributed by atoms with van der Waals surface area (Å²) < 4.78 is 0. The van der Waals surface area contributed by atoms with Gasteiger partial charge in [0.15, 0.2) is 5.69 Å². The van der Waals surface area contributed by atoms with Gasteiger partial charge in [0.2, 0.25) is 0 Å². The molecule has 15 heavy (non-hydrogen) atoms. The van der Waals surface area contributed by atoms with E-state index in [1.165, 1.54) is 6.07 Å². The highest BCUT2D eigenvalue weighted by Gasteiger charge is 2.18. The van der Waals surface area contributed by atoms with E-state index in [9.17, 15) is 9.59 Å². The molecule has 3 N–H and O–H groups in total. The van der Waals surface area contributed by atoms with Crippen LogP contribution in [0.5, 0.6) is 0 Å². The SMILES string of the molecule is O=C(O)c1ccnc(C(=O)O)c1CCO. The lowest BCUT2D eigenvalue weighted by Gasteiger charge is -2.06. The second kappa shape index (κ2) is 4.52. The third-order valence-electron chi connectivity index (χ3n) is 1.85. The van der Waals surface area contributed by atoms with Gasteiger partial charge in [0.25, 0.3) is 0 Å². The molecule has 0 bridgehead atoms. The fourth-order valence-electron chi connectivity index (χ4n) is 1.24. The van der Waals surface area contributed by atoms with Crippen molar-refractivity contribution in [1.82, 2.24) is 4.98 Å². The van der Waals surface area contributed by atoms with Crippen LogP contribution in [-0.2, 0) is 6.42 Å². The van der Waals surface area contributed by atoms with Crippen LogP contribution in [0, 0.1) is 0 Å². The van der Waals surface area contributed by atoms with E-state index < -0.39 is 11.9 Å². The van der Waals surface area contributed by atoms with Gasteiger partial charge in [0, 0.05) is 18.4 Å². The Morgan fingerprint density at radius 3 is 2.40 bits per heavy atom. The predicted octanol–water partition coefficient (Wildman–Crippen LogP) is 0.0128. The fraction of sp³-hybridized carbons (Fsp3) is 0.222. The highest BCUT2D eigenvalue weighted by molar-refractivity contribution is 5.95. The van der Waals surface area contributed by atoms with Gasteiger partial charge in [-0.05, 0) is 12.5 Å². The second-order valence-corrected chi connectivity index (χ2v) is 2.77. The molecule has 1 rings (SSSR count). The fourth-order valence-corrected chi connectivity index (χ4v) is 1.24. The van der Waals surface area contributed by atoms with Crippen LogP contribution >= 0.6 is 0 Å². The van der Waals surface area contributed by atoms with E-state index in [0.29, 0.717) is 0 Å². The van der Waals surface area contributed by atoms with E-state index in [2.05, 4.69) is 4.98 Å². The zero-order valence-electron chi connectivity index (χ0n) is 7.67. The maximum absolute atomic E-state index is 10.8. The summed E-state index contributed by atoms with van der Waals surface area (Å²) in [5, 5.41) is 26.3. The molecule has 0 saturated heterocycles. The van der Waals surface area contributed by atoms with E-state index in [1.807, 2.05) is 0 Å². The largest absolute Gasteiger partial charge is 0.478 e. The van der Waals surface area contributed by atoms with Gasteiger partial charge in [0.1, 0.15) is 0 Å². The van der Waals surface area contributed by atoms with Crippen LogP contribution in [0.2, 0.25) is 0 Å². The van der Waals surface area contributed by atoms with Gasteiger partial charge in [-0.2, -0.15) is 0 Å². The van der Waals surface area contributed by atoms with Crippen molar-refractivity contribution in [2.75, 3.05) is 6.61 Å². The molecule has 1 aromatic heterocycles. The molecule has 1 aromatic rings. The Hall–Kier alpha value is -1.95. The molecular weight excluding hydrogens is 202 g/mol. The smallest absolute Gasteiger partial charge is 0.354 e. The predicted molar refractivity (Wildman–Crippen MR) is 48.9 cm³/mol. The minimum atomic E-state index is -1.30. The molecule has 0 spiro atoms. The first-order valence-electron chi connectivity index (χ1n) is 4.13. The Kier molecular flexibility index (Phi) is 3.35.